The van der Waals surface area contributed by atoms with E-state index in [0.29, 0.717) is 12.3 Å². The molecule has 1 heterocycles. The van der Waals surface area contributed by atoms with Gasteiger partial charge in [0, 0.05) is 11.2 Å². The van der Waals surface area contributed by atoms with Crippen LogP contribution in [-0.2, 0) is 17.1 Å². The maximum Gasteiger partial charge on any atom is 0.418 e. The molecule has 1 aromatic heterocycles. The van der Waals surface area contributed by atoms with E-state index in [0.717, 1.165) is 30.0 Å². The summed E-state index contributed by atoms with van der Waals surface area (Å²) in [6, 6.07) is 4.77. The number of rotatable bonds is 4. The largest absolute Gasteiger partial charge is 0.418 e. The number of pyridine rings is 1. The minimum absolute atomic E-state index is 0.125. The van der Waals surface area contributed by atoms with Gasteiger partial charge < -0.3 is 5.32 Å². The maximum absolute atomic E-state index is 12.9. The summed E-state index contributed by atoms with van der Waals surface area (Å²) in [6.07, 6.45) is -8.63. The van der Waals surface area contributed by atoms with Gasteiger partial charge in [0.15, 0.2) is 0 Å². The number of thioether (sulfide) groups is 1. The van der Waals surface area contributed by atoms with Crippen LogP contribution in [0.25, 0.3) is 0 Å². The van der Waals surface area contributed by atoms with Crippen molar-refractivity contribution in [2.45, 2.75) is 17.4 Å². The third-order valence-corrected chi connectivity index (χ3v) is 4.15. The highest BCUT2D eigenvalue weighted by Crippen LogP contribution is 2.36. The fourth-order valence-electron chi connectivity index (χ4n) is 1.82. The Hall–Kier alpha value is -1.94. The fourth-order valence-corrected chi connectivity index (χ4v) is 2.63. The molecule has 0 aliphatic rings. The normalized spacial score (nSPS) is 12.1. The van der Waals surface area contributed by atoms with Crippen LogP contribution >= 0.6 is 23.4 Å². The standard InChI is InChI=1S/C15H9ClF6N2OS/c16-9-2-3-11(10(5-9)15(20,21)22)24-12(25)7-26-13-4-1-8(6-23-13)14(17,18)19/h1-6H,7H2,(H,24,25). The molecule has 0 fully saturated rings. The molecule has 0 aliphatic heterocycles. The van der Waals surface area contributed by atoms with Crippen LogP contribution in [0.5, 0.6) is 0 Å². The van der Waals surface area contributed by atoms with Gasteiger partial charge in [0.25, 0.3) is 0 Å². The van der Waals surface area contributed by atoms with Crippen molar-refractivity contribution < 1.29 is 31.1 Å². The van der Waals surface area contributed by atoms with E-state index >= 15 is 0 Å². The summed E-state index contributed by atoms with van der Waals surface area (Å²) in [5.74, 6) is -1.11. The first-order valence-electron chi connectivity index (χ1n) is 6.79. The van der Waals surface area contributed by atoms with E-state index in [1.165, 1.54) is 6.07 Å². The minimum Gasteiger partial charge on any atom is -0.325 e. The van der Waals surface area contributed by atoms with Gasteiger partial charge in [-0.25, -0.2) is 4.98 Å². The van der Waals surface area contributed by atoms with Gasteiger partial charge in [-0.1, -0.05) is 23.4 Å². The zero-order valence-corrected chi connectivity index (χ0v) is 14.2. The Morgan fingerprint density at radius 2 is 1.77 bits per heavy atom. The SMILES string of the molecule is O=C(CSc1ccc(C(F)(F)F)cn1)Nc1ccc(Cl)cc1C(F)(F)F. The number of carbonyl (C=O) groups is 1. The number of hydrogen-bond donors (Lipinski definition) is 1. The quantitative estimate of drug-likeness (QED) is 0.530. The van der Waals surface area contributed by atoms with Crippen LogP contribution < -0.4 is 5.32 Å². The molecule has 2 rings (SSSR count). The van der Waals surface area contributed by atoms with Crippen molar-refractivity contribution in [3.05, 3.63) is 52.7 Å². The van der Waals surface area contributed by atoms with Crippen LogP contribution in [0.2, 0.25) is 5.02 Å². The van der Waals surface area contributed by atoms with Gasteiger partial charge in [0.05, 0.1) is 27.6 Å². The van der Waals surface area contributed by atoms with Gasteiger partial charge in [0.2, 0.25) is 5.91 Å². The summed E-state index contributed by atoms with van der Waals surface area (Å²) < 4.78 is 76.1. The molecule has 1 N–H and O–H groups in total. The smallest absolute Gasteiger partial charge is 0.325 e. The molecule has 0 spiro atoms. The van der Waals surface area contributed by atoms with Crippen molar-refractivity contribution in [1.82, 2.24) is 4.98 Å². The Morgan fingerprint density at radius 3 is 2.31 bits per heavy atom. The summed E-state index contributed by atoms with van der Waals surface area (Å²) in [5.41, 5.74) is -2.51. The van der Waals surface area contributed by atoms with Crippen LogP contribution in [-0.4, -0.2) is 16.6 Å². The molecule has 0 unspecified atom stereocenters. The van der Waals surface area contributed by atoms with Gasteiger partial charge in [0.1, 0.15) is 0 Å². The third kappa shape index (κ3) is 5.53. The van der Waals surface area contributed by atoms with E-state index in [1.807, 2.05) is 0 Å². The van der Waals surface area contributed by atoms with Gasteiger partial charge in [-0.15, -0.1) is 0 Å². The number of carbonyl (C=O) groups excluding carboxylic acids is 1. The molecule has 140 valence electrons. The van der Waals surface area contributed by atoms with Crippen LogP contribution in [0.1, 0.15) is 11.1 Å². The topological polar surface area (TPSA) is 42.0 Å². The molecule has 3 nitrogen and oxygen atoms in total. The van der Waals surface area contributed by atoms with Crippen molar-refractivity contribution >= 4 is 35.0 Å². The molecule has 0 saturated heterocycles. The molecule has 0 saturated carbocycles. The maximum atomic E-state index is 12.9. The highest BCUT2D eigenvalue weighted by atomic mass is 35.5. The van der Waals surface area contributed by atoms with Crippen molar-refractivity contribution in [2.24, 2.45) is 0 Å². The lowest BCUT2D eigenvalue weighted by Gasteiger charge is -2.14. The van der Waals surface area contributed by atoms with E-state index < -0.39 is 35.1 Å². The second-order valence-corrected chi connectivity index (χ2v) is 6.34. The predicted molar refractivity (Wildman–Crippen MR) is 85.0 cm³/mol. The van der Waals surface area contributed by atoms with Crippen LogP contribution in [0.3, 0.4) is 0 Å². The molecule has 2 aromatic rings. The van der Waals surface area contributed by atoms with E-state index in [-0.39, 0.29) is 15.8 Å². The van der Waals surface area contributed by atoms with Gasteiger partial charge in [-0.2, -0.15) is 26.3 Å². The molecule has 0 atom stereocenters. The molecular formula is C15H9ClF6N2OS. The van der Waals surface area contributed by atoms with Gasteiger partial charge in [-0.05, 0) is 30.3 Å². The lowest BCUT2D eigenvalue weighted by Crippen LogP contribution is -2.18. The first-order chi connectivity index (χ1) is 12.0. The summed E-state index contributed by atoms with van der Waals surface area (Å²) in [6.45, 7) is 0. The second-order valence-electron chi connectivity index (χ2n) is 4.91. The first-order valence-corrected chi connectivity index (χ1v) is 8.16. The average molecular weight is 415 g/mol. The highest BCUT2D eigenvalue weighted by molar-refractivity contribution is 7.99. The molecule has 0 radical (unpaired) electrons. The van der Waals surface area contributed by atoms with E-state index in [2.05, 4.69) is 10.3 Å². The van der Waals surface area contributed by atoms with Crippen molar-refractivity contribution in [2.75, 3.05) is 11.1 Å². The van der Waals surface area contributed by atoms with Gasteiger partial charge in [-0.3, -0.25) is 4.79 Å². The number of hydrogen-bond acceptors (Lipinski definition) is 3. The van der Waals surface area contributed by atoms with E-state index in [1.54, 1.807) is 0 Å². The van der Waals surface area contributed by atoms with Crippen LogP contribution in [0, 0.1) is 0 Å². The Morgan fingerprint density at radius 1 is 1.08 bits per heavy atom. The Bertz CT molecular complexity index is 792. The Kier molecular flexibility index (Phi) is 6.07. The number of aromatic nitrogens is 1. The molecule has 0 aliphatic carbocycles. The number of benzene rings is 1. The average Bonchev–Trinajstić information content (AvgIpc) is 2.53. The number of amides is 1. The fraction of sp³-hybridized carbons (Fsp3) is 0.200. The highest BCUT2D eigenvalue weighted by Gasteiger charge is 2.34. The number of halogens is 7. The summed E-state index contributed by atoms with van der Waals surface area (Å²) in [4.78, 5) is 15.4. The number of nitrogens with zero attached hydrogens (tertiary/aromatic N) is 1. The summed E-state index contributed by atoms with van der Waals surface area (Å²) in [5, 5.41) is 2.09. The predicted octanol–water partition coefficient (Wildman–Crippen LogP) is 5.50. The monoisotopic (exact) mass is 414 g/mol. The zero-order chi connectivity index (χ0) is 19.5. The number of nitrogens with one attached hydrogen (secondary N) is 1. The molecule has 0 bridgehead atoms. The number of anilines is 1. The van der Waals surface area contributed by atoms with Crippen LogP contribution in [0.15, 0.2) is 41.6 Å². The molecule has 11 heteroatoms. The van der Waals surface area contributed by atoms with E-state index in [9.17, 15) is 31.1 Å². The minimum atomic E-state index is -4.71. The summed E-state index contributed by atoms with van der Waals surface area (Å²) >= 11 is 6.33. The van der Waals surface area contributed by atoms with Gasteiger partial charge >= 0.3 is 12.4 Å². The van der Waals surface area contributed by atoms with E-state index in [4.69, 9.17) is 11.6 Å². The van der Waals surface area contributed by atoms with Crippen molar-refractivity contribution in [1.29, 1.82) is 0 Å². The van der Waals surface area contributed by atoms with Crippen molar-refractivity contribution in [3.63, 3.8) is 0 Å². The second kappa shape index (κ2) is 7.75. The summed E-state index contributed by atoms with van der Waals surface area (Å²) in [7, 11) is 0. The van der Waals surface area contributed by atoms with Crippen molar-refractivity contribution in [3.8, 4) is 0 Å². The lowest BCUT2D eigenvalue weighted by molar-refractivity contribution is -0.138. The third-order valence-electron chi connectivity index (χ3n) is 2.98. The van der Waals surface area contributed by atoms with Crippen LogP contribution in [0.4, 0.5) is 32.0 Å². The number of alkyl halides is 6. The Labute approximate surface area is 152 Å². The molecule has 1 amide bonds. The molecule has 26 heavy (non-hydrogen) atoms. The zero-order valence-electron chi connectivity index (χ0n) is 12.6. The first kappa shape index (κ1) is 20.4. The molecule has 1 aromatic carbocycles. The molecular weight excluding hydrogens is 406 g/mol. The Balaban J connectivity index is 2.02. The lowest BCUT2D eigenvalue weighted by atomic mass is 10.1.